The van der Waals surface area contributed by atoms with Crippen molar-refractivity contribution < 1.29 is 38.5 Å². The fourth-order valence-corrected chi connectivity index (χ4v) is 2.11. The summed E-state index contributed by atoms with van der Waals surface area (Å²) in [5.74, 6) is -1.98. The van der Waals surface area contributed by atoms with E-state index >= 15 is 0 Å². The highest BCUT2D eigenvalue weighted by atomic mass is 16.6. The number of nitrogens with zero attached hydrogens (tertiary/aromatic N) is 1. The van der Waals surface area contributed by atoms with E-state index < -0.39 is 47.0 Å². The molecule has 9 nitrogen and oxygen atoms in total. The monoisotopic (exact) mass is 429 g/mol. The molecule has 0 unspecified atom stereocenters. The third-order valence-electron chi connectivity index (χ3n) is 3.04. The van der Waals surface area contributed by atoms with E-state index in [-0.39, 0.29) is 12.8 Å². The Morgan fingerprint density at radius 1 is 0.800 bits per heavy atom. The lowest BCUT2D eigenvalue weighted by molar-refractivity contribution is -0.161. The van der Waals surface area contributed by atoms with Crippen molar-refractivity contribution in [3.63, 3.8) is 0 Å². The van der Waals surface area contributed by atoms with Crippen LogP contribution in [0.3, 0.4) is 0 Å². The van der Waals surface area contributed by atoms with E-state index in [4.69, 9.17) is 19.3 Å². The molecular weight excluding hydrogens is 394 g/mol. The molecule has 0 rings (SSSR count). The molecule has 0 bridgehead atoms. The molecule has 0 aliphatic heterocycles. The Hall–Kier alpha value is -2.58. The van der Waals surface area contributed by atoms with E-state index in [0.717, 1.165) is 6.08 Å². The molecule has 0 heterocycles. The second-order valence-electron chi connectivity index (χ2n) is 9.70. The van der Waals surface area contributed by atoms with Crippen LogP contribution in [0, 0.1) is 0 Å². The molecule has 30 heavy (non-hydrogen) atoms. The van der Waals surface area contributed by atoms with Gasteiger partial charge in [-0.25, -0.2) is 19.2 Å². The van der Waals surface area contributed by atoms with Crippen LogP contribution in [0.15, 0.2) is 12.2 Å². The van der Waals surface area contributed by atoms with Crippen molar-refractivity contribution >= 4 is 24.1 Å². The molecule has 1 atom stereocenters. The number of allylic oxidation sites excluding steroid dienone is 1. The van der Waals surface area contributed by atoms with Crippen LogP contribution in [0.1, 0.15) is 75.2 Å². The van der Waals surface area contributed by atoms with Crippen LogP contribution in [0.4, 0.5) is 9.59 Å². The molecule has 9 heteroatoms. The molecule has 0 aliphatic carbocycles. The van der Waals surface area contributed by atoms with E-state index in [0.29, 0.717) is 4.90 Å². The highest BCUT2D eigenvalue weighted by molar-refractivity contribution is 5.94. The van der Waals surface area contributed by atoms with Gasteiger partial charge < -0.3 is 19.3 Å². The van der Waals surface area contributed by atoms with Crippen molar-refractivity contribution in [3.8, 4) is 0 Å². The van der Waals surface area contributed by atoms with Gasteiger partial charge in [-0.3, -0.25) is 0 Å². The van der Waals surface area contributed by atoms with Crippen LogP contribution in [0.5, 0.6) is 0 Å². The second-order valence-corrected chi connectivity index (χ2v) is 9.70. The van der Waals surface area contributed by atoms with Crippen LogP contribution >= 0.6 is 0 Å². The SMILES string of the molecule is CC(C)(C)OC(=O)[C@H](CCC=CC(=O)O)N(C(=O)OC(C)(C)C)C(=O)OC(C)(C)C. The third kappa shape index (κ3) is 12.1. The summed E-state index contributed by atoms with van der Waals surface area (Å²) in [7, 11) is 0. The minimum absolute atomic E-state index is 0.0722. The highest BCUT2D eigenvalue weighted by Crippen LogP contribution is 2.22. The predicted octanol–water partition coefficient (Wildman–Crippen LogP) is 4.29. The lowest BCUT2D eigenvalue weighted by Gasteiger charge is -2.33. The number of hydrogen-bond donors (Lipinski definition) is 1. The number of amides is 2. The topological polar surface area (TPSA) is 119 Å². The van der Waals surface area contributed by atoms with E-state index in [1.807, 2.05) is 0 Å². The molecule has 0 aromatic carbocycles. The highest BCUT2D eigenvalue weighted by Gasteiger charge is 2.41. The van der Waals surface area contributed by atoms with Gasteiger partial charge in [0, 0.05) is 6.08 Å². The van der Waals surface area contributed by atoms with E-state index in [1.54, 1.807) is 62.3 Å². The second kappa shape index (κ2) is 10.4. The molecule has 2 amide bonds. The molecule has 1 N–H and O–H groups in total. The summed E-state index contributed by atoms with van der Waals surface area (Å²) < 4.78 is 16.0. The quantitative estimate of drug-likeness (QED) is 0.377. The lowest BCUT2D eigenvalue weighted by Crippen LogP contribution is -2.53. The number of aliphatic carboxylic acids is 1. The number of carboxylic acid groups (broad SMARTS) is 1. The molecular formula is C21H35NO8. The Morgan fingerprint density at radius 3 is 1.53 bits per heavy atom. The number of ether oxygens (including phenoxy) is 3. The van der Waals surface area contributed by atoms with Gasteiger partial charge in [-0.2, -0.15) is 4.90 Å². The lowest BCUT2D eigenvalue weighted by atomic mass is 10.1. The maximum atomic E-state index is 12.8. The summed E-state index contributed by atoms with van der Waals surface area (Å²) >= 11 is 0. The fraction of sp³-hybridized carbons (Fsp3) is 0.714. The zero-order chi connectivity index (χ0) is 23.9. The summed E-state index contributed by atoms with van der Waals surface area (Å²) in [6.45, 7) is 14.7. The van der Waals surface area contributed by atoms with Crippen molar-refractivity contribution in [1.29, 1.82) is 0 Å². The first-order valence-corrected chi connectivity index (χ1v) is 9.70. The van der Waals surface area contributed by atoms with E-state index in [2.05, 4.69) is 0 Å². The Bertz CT molecular complexity index is 634. The Kier molecular flexibility index (Phi) is 9.55. The van der Waals surface area contributed by atoms with Crippen molar-refractivity contribution in [2.24, 2.45) is 0 Å². The molecule has 0 fully saturated rings. The normalized spacial score (nSPS) is 13.5. The number of rotatable bonds is 6. The maximum Gasteiger partial charge on any atom is 0.420 e. The Morgan fingerprint density at radius 2 is 1.20 bits per heavy atom. The van der Waals surface area contributed by atoms with Gasteiger partial charge in [-0.05, 0) is 75.2 Å². The van der Waals surface area contributed by atoms with Crippen LogP contribution < -0.4 is 0 Å². The summed E-state index contributed by atoms with van der Waals surface area (Å²) in [6.07, 6.45) is 0.138. The first-order chi connectivity index (χ1) is 13.3. The maximum absolute atomic E-state index is 12.8. The van der Waals surface area contributed by atoms with Crippen molar-refractivity contribution in [2.45, 2.75) is 98.0 Å². The standard InChI is InChI=1S/C21H35NO8/c1-19(2,3)28-16(25)14(12-10-11-13-15(23)24)22(17(26)29-20(4,5)6)18(27)30-21(7,8)9/h11,13-14H,10,12H2,1-9H3,(H,23,24)/t14-/m0/s1. The zero-order valence-electron chi connectivity index (χ0n) is 19.4. The van der Waals surface area contributed by atoms with Gasteiger partial charge in [0.25, 0.3) is 0 Å². The molecule has 0 saturated carbocycles. The predicted molar refractivity (Wildman–Crippen MR) is 110 cm³/mol. The molecule has 0 aromatic rings. The van der Waals surface area contributed by atoms with E-state index in [1.165, 1.54) is 6.08 Å². The number of carbonyl (C=O) groups excluding carboxylic acids is 3. The first kappa shape index (κ1) is 27.4. The minimum atomic E-state index is -1.37. The molecule has 0 aromatic heterocycles. The summed E-state index contributed by atoms with van der Waals surface area (Å²) in [4.78, 5) is 49.8. The smallest absolute Gasteiger partial charge is 0.420 e. The molecule has 0 spiro atoms. The fourth-order valence-electron chi connectivity index (χ4n) is 2.11. The van der Waals surface area contributed by atoms with Gasteiger partial charge in [-0.1, -0.05) is 6.08 Å². The number of carbonyl (C=O) groups is 4. The Balaban J connectivity index is 6.05. The number of imide groups is 1. The summed E-state index contributed by atoms with van der Waals surface area (Å²) in [6, 6.07) is -1.37. The zero-order valence-corrected chi connectivity index (χ0v) is 19.4. The van der Waals surface area contributed by atoms with Crippen LogP contribution in [0.25, 0.3) is 0 Å². The molecule has 0 radical (unpaired) electrons. The van der Waals surface area contributed by atoms with Crippen molar-refractivity contribution in [1.82, 2.24) is 4.90 Å². The van der Waals surface area contributed by atoms with Crippen molar-refractivity contribution in [2.75, 3.05) is 0 Å². The van der Waals surface area contributed by atoms with Gasteiger partial charge in [0.15, 0.2) is 0 Å². The summed E-state index contributed by atoms with van der Waals surface area (Å²) in [5.41, 5.74) is -2.74. The number of carboxylic acids is 1. The van der Waals surface area contributed by atoms with Gasteiger partial charge in [0.05, 0.1) is 0 Å². The average Bonchev–Trinajstić information content (AvgIpc) is 2.43. The molecule has 0 aliphatic rings. The minimum Gasteiger partial charge on any atom is -0.478 e. The molecule has 0 saturated heterocycles. The van der Waals surface area contributed by atoms with Gasteiger partial charge >= 0.3 is 24.1 Å². The largest absolute Gasteiger partial charge is 0.478 e. The number of hydrogen-bond acceptors (Lipinski definition) is 7. The summed E-state index contributed by atoms with van der Waals surface area (Å²) in [5, 5.41) is 8.74. The van der Waals surface area contributed by atoms with Gasteiger partial charge in [-0.15, -0.1) is 0 Å². The van der Waals surface area contributed by atoms with Crippen LogP contribution in [-0.4, -0.2) is 57.0 Å². The third-order valence-corrected chi connectivity index (χ3v) is 3.04. The van der Waals surface area contributed by atoms with Crippen molar-refractivity contribution in [3.05, 3.63) is 12.2 Å². The van der Waals surface area contributed by atoms with Crippen LogP contribution in [-0.2, 0) is 23.8 Å². The van der Waals surface area contributed by atoms with Crippen LogP contribution in [0.2, 0.25) is 0 Å². The average molecular weight is 430 g/mol. The van der Waals surface area contributed by atoms with Gasteiger partial charge in [0.1, 0.15) is 22.8 Å². The van der Waals surface area contributed by atoms with Gasteiger partial charge in [0.2, 0.25) is 0 Å². The number of esters is 1. The first-order valence-electron chi connectivity index (χ1n) is 9.70. The Labute approximate surface area is 178 Å². The van der Waals surface area contributed by atoms with E-state index in [9.17, 15) is 19.2 Å². The molecule has 172 valence electrons.